The van der Waals surface area contributed by atoms with Gasteiger partial charge in [-0.1, -0.05) is 86.8 Å². The lowest BCUT2D eigenvalue weighted by atomic mass is 10.00. The van der Waals surface area contributed by atoms with Crippen molar-refractivity contribution in [2.24, 2.45) is 0 Å². The number of aromatic amines is 4. The van der Waals surface area contributed by atoms with Gasteiger partial charge in [-0.3, -0.25) is 25.0 Å². The van der Waals surface area contributed by atoms with E-state index >= 15 is 0 Å². The van der Waals surface area contributed by atoms with Crippen molar-refractivity contribution in [3.63, 3.8) is 0 Å². The Balaban J connectivity index is 0.000000125. The number of alkyl halides is 6. The molecule has 2 aliphatic heterocycles. The summed E-state index contributed by atoms with van der Waals surface area (Å²) in [6.07, 6.45) is 12.8. The summed E-state index contributed by atoms with van der Waals surface area (Å²) >= 11 is 0. The fourth-order valence-corrected chi connectivity index (χ4v) is 12.2. The summed E-state index contributed by atoms with van der Waals surface area (Å²) in [6, 6.07) is 33.0. The highest BCUT2D eigenvalue weighted by atomic mass is 19.4. The van der Waals surface area contributed by atoms with Gasteiger partial charge in [0.1, 0.15) is 6.33 Å². The fourth-order valence-electron chi connectivity index (χ4n) is 12.2. The molecule has 9 N–H and O–H groups in total. The molecule has 27 nitrogen and oxygen atoms in total. The molecule has 0 radical (unpaired) electrons. The van der Waals surface area contributed by atoms with Crippen LogP contribution in [-0.2, 0) is 18.8 Å². The molecule has 102 heavy (non-hydrogen) atoms. The van der Waals surface area contributed by atoms with Crippen molar-refractivity contribution in [1.29, 1.82) is 0 Å². The van der Waals surface area contributed by atoms with Gasteiger partial charge >= 0.3 is 12.4 Å². The minimum absolute atomic E-state index is 0.0461. The number of para-hydroxylation sites is 2. The Morgan fingerprint density at radius 2 is 1.08 bits per heavy atom. The highest BCUT2D eigenvalue weighted by Crippen LogP contribution is 2.41. The van der Waals surface area contributed by atoms with E-state index in [2.05, 4.69) is 146 Å². The number of aryl methyl sites for hydroxylation is 1. The molecular formula is C69H71F6N27. The van der Waals surface area contributed by atoms with Crippen LogP contribution < -0.4 is 31.5 Å². The van der Waals surface area contributed by atoms with Crippen molar-refractivity contribution in [2.75, 3.05) is 70.8 Å². The topological polar surface area (TPSA) is 328 Å². The van der Waals surface area contributed by atoms with Crippen LogP contribution in [0.25, 0.3) is 49.9 Å². The predicted octanol–water partition coefficient (Wildman–Crippen LogP) is 14.1. The molecule has 11 heterocycles. The zero-order valence-electron chi connectivity index (χ0n) is 55.2. The number of fused-ring (bicyclic) bond motifs is 2. The molecule has 0 unspecified atom stereocenters. The van der Waals surface area contributed by atoms with Gasteiger partial charge in [-0.25, -0.2) is 4.98 Å². The van der Waals surface area contributed by atoms with Crippen LogP contribution in [0.4, 0.5) is 84.8 Å². The van der Waals surface area contributed by atoms with Gasteiger partial charge < -0.3 is 36.4 Å². The normalized spacial score (nSPS) is 14.1. The van der Waals surface area contributed by atoms with E-state index in [1.54, 1.807) is 53.9 Å². The molecule has 3 fully saturated rings. The largest absolute Gasteiger partial charge is 0.417 e. The zero-order chi connectivity index (χ0) is 70.3. The van der Waals surface area contributed by atoms with Crippen LogP contribution in [-0.4, -0.2) is 145 Å². The molecule has 0 bridgehead atoms. The summed E-state index contributed by atoms with van der Waals surface area (Å²) < 4.78 is 83.0. The second-order valence-corrected chi connectivity index (χ2v) is 24.2. The summed E-state index contributed by atoms with van der Waals surface area (Å²) in [4.78, 5) is 17.4. The Bertz CT molecular complexity index is 4840. The molecule has 0 spiro atoms. The first kappa shape index (κ1) is 68.5. The number of halogens is 6. The molecule has 1 aliphatic carbocycles. The van der Waals surface area contributed by atoms with E-state index in [-0.39, 0.29) is 11.1 Å². The number of hydrogen-bond donors (Lipinski definition) is 9. The third-order valence-corrected chi connectivity index (χ3v) is 17.3. The molecular weight excluding hydrogens is 1320 g/mol. The van der Waals surface area contributed by atoms with Crippen molar-refractivity contribution in [3.8, 4) is 28.1 Å². The lowest BCUT2D eigenvalue weighted by molar-refractivity contribution is -0.137. The molecule has 3 aliphatic rings. The minimum Gasteiger partial charge on any atom is -0.367 e. The molecule has 1 saturated carbocycles. The van der Waals surface area contributed by atoms with Crippen LogP contribution in [0, 0.1) is 0 Å². The monoisotopic (exact) mass is 1390 g/mol. The van der Waals surface area contributed by atoms with Crippen molar-refractivity contribution in [3.05, 3.63) is 181 Å². The summed E-state index contributed by atoms with van der Waals surface area (Å²) in [5, 5.41) is 78.1. The van der Waals surface area contributed by atoms with Gasteiger partial charge in [0.05, 0.1) is 40.8 Å². The average Bonchev–Trinajstić information content (AvgIpc) is 0.997. The lowest BCUT2D eigenvalue weighted by Gasteiger charge is -2.26. The van der Waals surface area contributed by atoms with Crippen LogP contribution in [0.1, 0.15) is 93.1 Å². The van der Waals surface area contributed by atoms with Gasteiger partial charge in [0.15, 0.2) is 52.4 Å². The zero-order valence-corrected chi connectivity index (χ0v) is 55.2. The molecule has 33 heteroatoms. The lowest BCUT2D eigenvalue weighted by Crippen LogP contribution is -2.33. The number of aromatic nitrogens is 20. The Kier molecular flexibility index (Phi) is 21.4. The summed E-state index contributed by atoms with van der Waals surface area (Å²) in [5.74, 6) is 6.45. The summed E-state index contributed by atoms with van der Waals surface area (Å²) in [7, 11) is 0. The smallest absolute Gasteiger partial charge is 0.367 e. The van der Waals surface area contributed by atoms with Crippen LogP contribution in [0.5, 0.6) is 0 Å². The Hall–Kier alpha value is -12.0. The first-order chi connectivity index (χ1) is 49.7. The Morgan fingerprint density at radius 3 is 1.73 bits per heavy atom. The number of anilines is 10. The maximum Gasteiger partial charge on any atom is 0.417 e. The van der Waals surface area contributed by atoms with E-state index in [4.69, 9.17) is 0 Å². The van der Waals surface area contributed by atoms with Crippen molar-refractivity contribution < 1.29 is 26.3 Å². The second-order valence-electron chi connectivity index (χ2n) is 24.2. The number of hydrogen-bond acceptors (Lipinski definition) is 22. The first-order valence-corrected chi connectivity index (χ1v) is 33.4. The van der Waals surface area contributed by atoms with E-state index < -0.39 is 23.5 Å². The van der Waals surface area contributed by atoms with Crippen molar-refractivity contribution in [2.45, 2.75) is 89.4 Å². The highest BCUT2D eigenvalue weighted by Gasteiger charge is 2.35. The molecule has 524 valence electrons. The maximum atomic E-state index is 13.8. The molecule has 0 atom stereocenters. The second kappa shape index (κ2) is 31.9. The first-order valence-electron chi connectivity index (χ1n) is 33.4. The van der Waals surface area contributed by atoms with Crippen molar-refractivity contribution in [1.82, 2.24) is 106 Å². The number of rotatable bonds is 18. The predicted molar refractivity (Wildman–Crippen MR) is 375 cm³/mol. The van der Waals surface area contributed by atoms with E-state index in [0.29, 0.717) is 76.2 Å². The fraction of sp³-hybridized carbons (Fsp3) is 0.290. The highest BCUT2D eigenvalue weighted by molar-refractivity contribution is 5.92. The van der Waals surface area contributed by atoms with Gasteiger partial charge in [0.25, 0.3) is 0 Å². The summed E-state index contributed by atoms with van der Waals surface area (Å²) in [6.45, 7) is 7.58. The van der Waals surface area contributed by atoms with Gasteiger partial charge in [0.2, 0.25) is 11.9 Å². The molecule has 9 aromatic heterocycles. The molecule has 2 saturated heterocycles. The number of piperidine rings is 1. The SMILES string of the molecule is CCc1cc(Nc2nncc(-n3ccnc3)n2)n[nH]1.FC(F)(F)c1ccccc1-c1cc(Nc2n[nH]c3ccccc23)nnc1NCCN1CCCCC1.FC(F)(F)c1ccccc1-c1cnnc(Nc2n[nH]c3ccccc23)c1.c1nnc(Nc2cc(C3CCCC3)[nH]n2)nc1N1CCCC1. The number of nitrogens with zero attached hydrogens (tertiary/aromatic N) is 18. The minimum atomic E-state index is -4.50. The number of benzene rings is 4. The van der Waals surface area contributed by atoms with Gasteiger partial charge in [-0.05, 0) is 118 Å². The standard InChI is InChI=1S/C25H26F3N7.C18H12F3N5.C15H21N7.C11H12N8/c26-25(27,28)20-10-4-2-8-17(20)19-16-22(30-24-18-9-3-5-11-21(18)31-34-24)32-33-23(19)29-12-15-35-13-6-1-7-14-35;19-18(20,21)14-7-3-1-5-12(14)11-9-16(25-22-10-11)23-17-13-6-2-4-8-15(13)24-26-17;1-2-6-11(5-1)12-9-13(20-19-12)17-15-18-14(10-16-21-15)22-7-3-4-8-22;1-2-8-5-9(17-16-8)14-11-15-10(6-13-18-11)19-4-3-12-7-19/h2-5,8-11,16H,1,6-7,12-15H2,(H,29,33)(H2,30,31,32,34);1-10H,(H2,23,24,25,26);9-11H,1-8H2,(H2,17,18,19,20,21);3-7H,2H2,1H3,(H2,14,15,16,17,18). The molecule has 4 aromatic carbocycles. The number of likely N-dealkylation sites (tertiary alicyclic amines) is 1. The Labute approximate surface area is 579 Å². The van der Waals surface area contributed by atoms with Crippen LogP contribution in [0.3, 0.4) is 0 Å². The number of nitrogens with one attached hydrogen (secondary N) is 9. The van der Waals surface area contributed by atoms with Crippen LogP contribution in [0.15, 0.2) is 159 Å². The summed E-state index contributed by atoms with van der Waals surface area (Å²) in [5.41, 5.74) is 3.22. The van der Waals surface area contributed by atoms with E-state index in [9.17, 15) is 26.3 Å². The van der Waals surface area contributed by atoms with Gasteiger partial charge in [0, 0.05) is 89.9 Å². The molecule has 0 amide bonds. The quantitative estimate of drug-likeness (QED) is 0.0360. The third kappa shape index (κ3) is 17.3. The molecule has 16 rings (SSSR count). The third-order valence-electron chi connectivity index (χ3n) is 17.3. The maximum absolute atomic E-state index is 13.8. The van der Waals surface area contributed by atoms with Crippen LogP contribution in [0.2, 0.25) is 0 Å². The average molecular weight is 1390 g/mol. The Morgan fingerprint density at radius 1 is 0.500 bits per heavy atom. The number of imidazole rings is 1. The van der Waals surface area contributed by atoms with E-state index in [1.165, 1.54) is 100 Å². The van der Waals surface area contributed by atoms with E-state index in [0.717, 1.165) is 90.4 Å². The van der Waals surface area contributed by atoms with Gasteiger partial charge in [-0.2, -0.15) is 72.0 Å². The number of H-pyrrole nitrogens is 4. The van der Waals surface area contributed by atoms with Gasteiger partial charge in [-0.15, -0.1) is 25.5 Å². The van der Waals surface area contributed by atoms with E-state index in [1.807, 2.05) is 54.6 Å². The van der Waals surface area contributed by atoms with Crippen molar-refractivity contribution >= 4 is 80.2 Å². The molecule has 13 aromatic rings. The van der Waals surface area contributed by atoms with Crippen LogP contribution >= 0.6 is 0 Å².